The first-order valence-electron chi connectivity index (χ1n) is 6.93. The van der Waals surface area contributed by atoms with Gasteiger partial charge in [-0.15, -0.1) is 0 Å². The lowest BCUT2D eigenvalue weighted by atomic mass is 10.1. The molecule has 1 aliphatic heterocycles. The van der Waals surface area contributed by atoms with Crippen molar-refractivity contribution in [1.29, 1.82) is 0 Å². The maximum absolute atomic E-state index is 12.9. The molecule has 0 bridgehead atoms. The van der Waals surface area contributed by atoms with Crippen LogP contribution in [0.1, 0.15) is 20.8 Å². The zero-order valence-electron chi connectivity index (χ0n) is 12.6. The van der Waals surface area contributed by atoms with Gasteiger partial charge in [0.25, 0.3) is 0 Å². The predicted molar refractivity (Wildman–Crippen MR) is 80.8 cm³/mol. The van der Waals surface area contributed by atoms with Gasteiger partial charge >= 0.3 is 0 Å². The number of rotatable bonds is 4. The number of nitrogens with two attached hydrogens (primary N) is 1. The second-order valence-electron chi connectivity index (χ2n) is 5.59. The fourth-order valence-electron chi connectivity index (χ4n) is 2.32. The summed E-state index contributed by atoms with van der Waals surface area (Å²) in [4.78, 5) is 0.113. The van der Waals surface area contributed by atoms with Gasteiger partial charge in [-0.2, -0.15) is 4.31 Å². The molecule has 1 saturated heterocycles. The molecule has 0 aliphatic carbocycles. The minimum Gasteiger partial charge on any atom is -0.492 e. The minimum atomic E-state index is -3.66. The van der Waals surface area contributed by atoms with Crippen LogP contribution in [0.4, 0.5) is 5.69 Å². The van der Waals surface area contributed by atoms with Crippen molar-refractivity contribution < 1.29 is 17.9 Å². The van der Waals surface area contributed by atoms with Crippen LogP contribution >= 0.6 is 0 Å². The maximum Gasteiger partial charge on any atom is 0.247 e. The third-order valence-corrected chi connectivity index (χ3v) is 5.14. The zero-order valence-corrected chi connectivity index (χ0v) is 13.4. The molecule has 1 heterocycles. The first kappa shape index (κ1) is 16.1. The van der Waals surface area contributed by atoms with Crippen LogP contribution in [-0.4, -0.2) is 44.6 Å². The summed E-state index contributed by atoms with van der Waals surface area (Å²) in [5.41, 5.74) is 5.63. The van der Waals surface area contributed by atoms with E-state index in [1.165, 1.54) is 10.4 Å². The maximum atomic E-state index is 12.9. The Morgan fingerprint density at radius 2 is 2.14 bits per heavy atom. The summed E-state index contributed by atoms with van der Waals surface area (Å²) >= 11 is 0. The lowest BCUT2D eigenvalue weighted by Crippen LogP contribution is -2.50. The molecule has 1 aromatic rings. The summed E-state index contributed by atoms with van der Waals surface area (Å²) < 4.78 is 38.1. The Hall–Kier alpha value is -1.31. The van der Waals surface area contributed by atoms with Gasteiger partial charge in [0.2, 0.25) is 10.0 Å². The van der Waals surface area contributed by atoms with Crippen LogP contribution in [0.5, 0.6) is 5.75 Å². The van der Waals surface area contributed by atoms with Crippen molar-refractivity contribution in [2.75, 3.05) is 32.0 Å². The van der Waals surface area contributed by atoms with Crippen LogP contribution in [0.25, 0.3) is 0 Å². The van der Waals surface area contributed by atoms with Gasteiger partial charge in [-0.05, 0) is 39.0 Å². The second kappa shape index (κ2) is 5.82. The van der Waals surface area contributed by atoms with Crippen LogP contribution in [0, 0.1) is 0 Å². The number of sulfonamides is 1. The molecule has 0 saturated carbocycles. The summed E-state index contributed by atoms with van der Waals surface area (Å²) in [6, 6.07) is 4.67. The Balaban J connectivity index is 2.41. The molecule has 1 aromatic carbocycles. The SMILES string of the molecule is CCOc1ccc(N)cc1S(=O)(=O)N1CCOC(C)(C)C1. The zero-order chi connectivity index (χ0) is 15.7. The van der Waals surface area contributed by atoms with Gasteiger partial charge in [-0.25, -0.2) is 8.42 Å². The number of nitrogen functional groups attached to an aromatic ring is 1. The number of ether oxygens (including phenoxy) is 2. The first-order valence-corrected chi connectivity index (χ1v) is 8.37. The lowest BCUT2D eigenvalue weighted by molar-refractivity contribution is -0.0640. The highest BCUT2D eigenvalue weighted by Gasteiger charge is 2.36. The predicted octanol–water partition coefficient (Wildman–Crippen LogP) is 1.47. The summed E-state index contributed by atoms with van der Waals surface area (Å²) in [5.74, 6) is 0.330. The molecule has 0 radical (unpaired) electrons. The van der Waals surface area contributed by atoms with Crippen molar-refractivity contribution in [1.82, 2.24) is 4.31 Å². The molecule has 118 valence electrons. The third-order valence-electron chi connectivity index (χ3n) is 3.28. The van der Waals surface area contributed by atoms with Gasteiger partial charge in [0.15, 0.2) is 0 Å². The molecule has 0 spiro atoms. The molecule has 21 heavy (non-hydrogen) atoms. The molecule has 2 N–H and O–H groups in total. The van der Waals surface area contributed by atoms with E-state index in [2.05, 4.69) is 0 Å². The topological polar surface area (TPSA) is 81.9 Å². The Morgan fingerprint density at radius 1 is 1.43 bits per heavy atom. The monoisotopic (exact) mass is 314 g/mol. The largest absolute Gasteiger partial charge is 0.492 e. The Labute approximate surface area is 125 Å². The number of benzene rings is 1. The van der Waals surface area contributed by atoms with E-state index in [0.717, 1.165) is 0 Å². The highest BCUT2D eigenvalue weighted by Crippen LogP contribution is 2.31. The van der Waals surface area contributed by atoms with Crippen molar-refractivity contribution in [2.24, 2.45) is 0 Å². The highest BCUT2D eigenvalue weighted by molar-refractivity contribution is 7.89. The summed E-state index contributed by atoms with van der Waals surface area (Å²) in [7, 11) is -3.66. The number of morpholine rings is 1. The molecule has 7 heteroatoms. The molecule has 0 amide bonds. The number of anilines is 1. The van der Waals surface area contributed by atoms with Crippen molar-refractivity contribution in [3.8, 4) is 5.75 Å². The normalized spacial score (nSPS) is 19.4. The van der Waals surface area contributed by atoms with Gasteiger partial charge < -0.3 is 15.2 Å². The number of hydrogen-bond donors (Lipinski definition) is 1. The van der Waals surface area contributed by atoms with E-state index in [0.29, 0.717) is 37.7 Å². The summed E-state index contributed by atoms with van der Waals surface area (Å²) in [5, 5.41) is 0. The number of nitrogens with zero attached hydrogens (tertiary/aromatic N) is 1. The average Bonchev–Trinajstić information content (AvgIpc) is 2.40. The van der Waals surface area contributed by atoms with Gasteiger partial charge in [-0.1, -0.05) is 0 Å². The van der Waals surface area contributed by atoms with Crippen LogP contribution < -0.4 is 10.5 Å². The molecular weight excluding hydrogens is 292 g/mol. The Bertz CT molecular complexity index is 613. The minimum absolute atomic E-state index is 0.113. The smallest absolute Gasteiger partial charge is 0.247 e. The molecule has 6 nitrogen and oxygen atoms in total. The molecule has 1 fully saturated rings. The molecule has 0 unspecified atom stereocenters. The van der Waals surface area contributed by atoms with Crippen molar-refractivity contribution in [3.05, 3.63) is 18.2 Å². The fourth-order valence-corrected chi connectivity index (χ4v) is 4.06. The van der Waals surface area contributed by atoms with Crippen molar-refractivity contribution >= 4 is 15.7 Å². The van der Waals surface area contributed by atoms with E-state index in [1.54, 1.807) is 12.1 Å². The summed E-state index contributed by atoms with van der Waals surface area (Å²) in [6.07, 6.45) is 0. The van der Waals surface area contributed by atoms with Gasteiger partial charge in [0.05, 0.1) is 18.8 Å². The van der Waals surface area contributed by atoms with Crippen LogP contribution in [0.3, 0.4) is 0 Å². The van der Waals surface area contributed by atoms with E-state index in [4.69, 9.17) is 15.2 Å². The van der Waals surface area contributed by atoms with Gasteiger partial charge in [0, 0.05) is 18.8 Å². The van der Waals surface area contributed by atoms with Crippen molar-refractivity contribution in [2.45, 2.75) is 31.3 Å². The standard InChI is InChI=1S/C14H22N2O4S/c1-4-19-12-6-5-11(15)9-13(12)21(17,18)16-7-8-20-14(2,3)10-16/h5-6,9H,4,7-8,10,15H2,1-3H3. The van der Waals surface area contributed by atoms with Gasteiger partial charge in [-0.3, -0.25) is 0 Å². The highest BCUT2D eigenvalue weighted by atomic mass is 32.2. The third kappa shape index (κ3) is 3.48. The van der Waals surface area contributed by atoms with Gasteiger partial charge in [0.1, 0.15) is 10.6 Å². The summed E-state index contributed by atoms with van der Waals surface area (Å²) in [6.45, 7) is 6.95. The van der Waals surface area contributed by atoms with Crippen LogP contribution in [0.15, 0.2) is 23.1 Å². The second-order valence-corrected chi connectivity index (χ2v) is 7.49. The quantitative estimate of drug-likeness (QED) is 0.851. The molecule has 0 atom stereocenters. The Morgan fingerprint density at radius 3 is 2.76 bits per heavy atom. The van der Waals surface area contributed by atoms with E-state index in [1.807, 2.05) is 20.8 Å². The van der Waals surface area contributed by atoms with Crippen LogP contribution in [-0.2, 0) is 14.8 Å². The first-order chi connectivity index (χ1) is 9.76. The van der Waals surface area contributed by atoms with Crippen LogP contribution in [0.2, 0.25) is 0 Å². The number of hydrogen-bond acceptors (Lipinski definition) is 5. The molecular formula is C14H22N2O4S. The lowest BCUT2D eigenvalue weighted by Gasteiger charge is -2.37. The van der Waals surface area contributed by atoms with E-state index in [9.17, 15) is 8.42 Å². The molecule has 0 aromatic heterocycles. The average molecular weight is 314 g/mol. The van der Waals surface area contributed by atoms with E-state index < -0.39 is 15.6 Å². The van der Waals surface area contributed by atoms with E-state index >= 15 is 0 Å². The molecule has 2 rings (SSSR count). The molecule has 1 aliphatic rings. The Kier molecular flexibility index (Phi) is 4.46. The fraction of sp³-hybridized carbons (Fsp3) is 0.571. The van der Waals surface area contributed by atoms with Crippen molar-refractivity contribution in [3.63, 3.8) is 0 Å². The van der Waals surface area contributed by atoms with E-state index in [-0.39, 0.29) is 4.90 Å².